The second-order valence-electron chi connectivity index (χ2n) is 8.80. The smallest absolute Gasteiger partial charge is 0.449 e. The van der Waals surface area contributed by atoms with E-state index in [1.54, 1.807) is 25.7 Å². The molecule has 1 aliphatic rings. The third-order valence-corrected chi connectivity index (χ3v) is 5.55. The summed E-state index contributed by atoms with van der Waals surface area (Å²) in [4.78, 5) is 32.3. The standard InChI is InChI=1S/C21H21ClF3N3O4/c1-20(2,3)32-19(30)28-6-4-10(5-7-28)14-9-13(29)11-8-12(22)15-16(17(11)31-14)27-18(26-15)21(23,24)25/h8-10H,4-7H2,1-3H3,(H,26,27). The van der Waals surface area contributed by atoms with Gasteiger partial charge >= 0.3 is 12.3 Å². The average Bonchev–Trinajstić information content (AvgIpc) is 3.14. The van der Waals surface area contributed by atoms with Gasteiger partial charge in [-0.1, -0.05) is 11.6 Å². The van der Waals surface area contributed by atoms with Gasteiger partial charge in [0.25, 0.3) is 0 Å². The Bertz CT molecular complexity index is 1250. The first kappa shape index (κ1) is 22.4. The molecule has 2 aromatic heterocycles. The topological polar surface area (TPSA) is 88.4 Å². The van der Waals surface area contributed by atoms with Crippen molar-refractivity contribution in [3.05, 3.63) is 39.0 Å². The van der Waals surface area contributed by atoms with Crippen LogP contribution in [0, 0.1) is 0 Å². The molecule has 1 amide bonds. The lowest BCUT2D eigenvalue weighted by atomic mass is 9.94. The predicted octanol–water partition coefficient (Wildman–Crippen LogP) is 5.46. The van der Waals surface area contributed by atoms with E-state index in [2.05, 4.69) is 9.97 Å². The van der Waals surface area contributed by atoms with E-state index >= 15 is 0 Å². The van der Waals surface area contributed by atoms with E-state index in [1.807, 2.05) is 0 Å². The summed E-state index contributed by atoms with van der Waals surface area (Å²) in [6.45, 7) is 6.16. The molecule has 1 saturated heterocycles. The summed E-state index contributed by atoms with van der Waals surface area (Å²) in [5, 5.41) is -0.00103. The Hall–Kier alpha value is -2.75. The first-order valence-corrected chi connectivity index (χ1v) is 10.4. The van der Waals surface area contributed by atoms with Crippen LogP contribution in [0.25, 0.3) is 22.0 Å². The molecule has 32 heavy (non-hydrogen) atoms. The van der Waals surface area contributed by atoms with E-state index in [-0.39, 0.29) is 32.9 Å². The highest BCUT2D eigenvalue weighted by molar-refractivity contribution is 6.36. The van der Waals surface area contributed by atoms with Gasteiger partial charge in [-0.25, -0.2) is 9.78 Å². The first-order chi connectivity index (χ1) is 14.8. The molecule has 4 rings (SSSR count). The molecule has 3 heterocycles. The van der Waals surface area contributed by atoms with Crippen LogP contribution in [-0.2, 0) is 10.9 Å². The number of carbonyl (C=O) groups excluding carboxylic acids is 1. The maximum absolute atomic E-state index is 13.1. The zero-order chi connectivity index (χ0) is 23.4. The lowest BCUT2D eigenvalue weighted by Crippen LogP contribution is -2.41. The second kappa shape index (κ2) is 7.68. The number of aromatic nitrogens is 2. The molecular formula is C21H21ClF3N3O4. The van der Waals surface area contributed by atoms with Crippen LogP contribution in [0.1, 0.15) is 51.1 Å². The fourth-order valence-corrected chi connectivity index (χ4v) is 4.00. The van der Waals surface area contributed by atoms with E-state index in [0.29, 0.717) is 31.7 Å². The first-order valence-electron chi connectivity index (χ1n) is 10.0. The monoisotopic (exact) mass is 471 g/mol. The summed E-state index contributed by atoms with van der Waals surface area (Å²) in [5.41, 5.74) is -1.27. The maximum atomic E-state index is 13.1. The third-order valence-electron chi connectivity index (χ3n) is 5.25. The SMILES string of the molecule is CC(C)(C)OC(=O)N1CCC(c2cc(=O)c3cc(Cl)c4[nH]c(C(F)(F)F)nc4c3o2)CC1. The Morgan fingerprint density at radius 2 is 1.91 bits per heavy atom. The van der Waals surface area contributed by atoms with Crippen molar-refractivity contribution in [2.24, 2.45) is 0 Å². The van der Waals surface area contributed by atoms with Crippen LogP contribution in [0.2, 0.25) is 5.02 Å². The summed E-state index contributed by atoms with van der Waals surface area (Å²) >= 11 is 6.08. The number of ether oxygens (including phenoxy) is 1. The number of hydrogen-bond acceptors (Lipinski definition) is 5. The minimum absolute atomic E-state index is 0.0479. The molecule has 0 spiro atoms. The van der Waals surface area contributed by atoms with Gasteiger partial charge in [0.15, 0.2) is 11.0 Å². The lowest BCUT2D eigenvalue weighted by Gasteiger charge is -2.33. The normalized spacial score (nSPS) is 16.2. The third kappa shape index (κ3) is 4.28. The Kier molecular flexibility index (Phi) is 5.39. The minimum Gasteiger partial charge on any atom is -0.458 e. The van der Waals surface area contributed by atoms with Crippen molar-refractivity contribution in [1.29, 1.82) is 0 Å². The number of piperidine rings is 1. The number of halogens is 4. The fraction of sp³-hybridized carbons (Fsp3) is 0.476. The lowest BCUT2D eigenvalue weighted by molar-refractivity contribution is -0.144. The Labute approximate surface area is 185 Å². The van der Waals surface area contributed by atoms with E-state index < -0.39 is 29.1 Å². The highest BCUT2D eigenvalue weighted by Crippen LogP contribution is 2.36. The molecule has 1 fully saturated rings. The average molecular weight is 472 g/mol. The van der Waals surface area contributed by atoms with E-state index in [0.717, 1.165) is 0 Å². The summed E-state index contributed by atoms with van der Waals surface area (Å²) in [6.07, 6.45) is -4.10. The summed E-state index contributed by atoms with van der Waals surface area (Å²) in [6, 6.07) is 2.61. The van der Waals surface area contributed by atoms with Gasteiger partial charge in [0.05, 0.1) is 15.9 Å². The quantitative estimate of drug-likeness (QED) is 0.509. The van der Waals surface area contributed by atoms with Gasteiger partial charge < -0.3 is 19.0 Å². The fourth-order valence-electron chi connectivity index (χ4n) is 3.75. The Morgan fingerprint density at radius 3 is 2.50 bits per heavy atom. The number of hydrogen-bond donors (Lipinski definition) is 1. The highest BCUT2D eigenvalue weighted by Gasteiger charge is 2.36. The number of imidazole rings is 1. The number of likely N-dealkylation sites (tertiary alicyclic amines) is 1. The zero-order valence-electron chi connectivity index (χ0n) is 17.6. The van der Waals surface area contributed by atoms with Gasteiger partial charge in [-0.3, -0.25) is 4.79 Å². The number of rotatable bonds is 1. The van der Waals surface area contributed by atoms with E-state index in [9.17, 15) is 22.8 Å². The summed E-state index contributed by atoms with van der Waals surface area (Å²) in [5.74, 6) is -1.07. The minimum atomic E-state index is -4.71. The van der Waals surface area contributed by atoms with Crippen LogP contribution < -0.4 is 5.43 Å². The molecule has 0 radical (unpaired) electrons. The molecule has 0 saturated carbocycles. The van der Waals surface area contributed by atoms with Crippen LogP contribution in [-0.4, -0.2) is 39.7 Å². The van der Waals surface area contributed by atoms with Crippen molar-refractivity contribution in [2.75, 3.05) is 13.1 Å². The van der Waals surface area contributed by atoms with E-state index in [4.69, 9.17) is 20.8 Å². The van der Waals surface area contributed by atoms with Crippen LogP contribution in [0.5, 0.6) is 0 Å². The molecule has 1 N–H and O–H groups in total. The number of carbonyl (C=O) groups is 1. The molecule has 172 valence electrons. The molecule has 7 nitrogen and oxygen atoms in total. The van der Waals surface area contributed by atoms with Crippen LogP contribution in [0.4, 0.5) is 18.0 Å². The van der Waals surface area contributed by atoms with Crippen molar-refractivity contribution in [2.45, 2.75) is 51.3 Å². The number of fused-ring (bicyclic) bond motifs is 3. The van der Waals surface area contributed by atoms with Crippen molar-refractivity contribution >= 4 is 39.7 Å². The van der Waals surface area contributed by atoms with E-state index in [1.165, 1.54) is 12.1 Å². The van der Waals surface area contributed by atoms with Gasteiger partial charge in [-0.15, -0.1) is 0 Å². The number of amides is 1. The number of benzene rings is 1. The molecule has 3 aromatic rings. The van der Waals surface area contributed by atoms with Gasteiger partial charge in [-0.05, 0) is 39.7 Å². The number of alkyl halides is 3. The molecule has 0 bridgehead atoms. The molecule has 1 aliphatic heterocycles. The van der Waals surface area contributed by atoms with Gasteiger partial charge in [0.2, 0.25) is 5.82 Å². The number of H-pyrrole nitrogens is 1. The molecule has 0 aliphatic carbocycles. The summed E-state index contributed by atoms with van der Waals surface area (Å²) < 4.78 is 50.7. The van der Waals surface area contributed by atoms with Gasteiger partial charge in [0.1, 0.15) is 16.9 Å². The summed E-state index contributed by atoms with van der Waals surface area (Å²) in [7, 11) is 0. The van der Waals surface area contributed by atoms with Crippen LogP contribution in [0.3, 0.4) is 0 Å². The van der Waals surface area contributed by atoms with Crippen molar-refractivity contribution in [3.8, 4) is 0 Å². The van der Waals surface area contributed by atoms with Crippen LogP contribution >= 0.6 is 11.6 Å². The van der Waals surface area contributed by atoms with Crippen molar-refractivity contribution in [3.63, 3.8) is 0 Å². The number of aromatic amines is 1. The molecule has 11 heteroatoms. The predicted molar refractivity (Wildman–Crippen MR) is 112 cm³/mol. The zero-order valence-corrected chi connectivity index (χ0v) is 18.4. The number of nitrogens with one attached hydrogen (secondary N) is 1. The molecular weight excluding hydrogens is 451 g/mol. The number of nitrogens with zero attached hydrogens (tertiary/aromatic N) is 2. The van der Waals surface area contributed by atoms with Crippen LogP contribution in [0.15, 0.2) is 21.3 Å². The molecule has 0 unspecified atom stereocenters. The van der Waals surface area contributed by atoms with Crippen molar-refractivity contribution in [1.82, 2.24) is 14.9 Å². The highest BCUT2D eigenvalue weighted by atomic mass is 35.5. The maximum Gasteiger partial charge on any atom is 0.449 e. The second-order valence-corrected chi connectivity index (χ2v) is 9.20. The molecule has 1 aromatic carbocycles. The molecule has 0 atom stereocenters. The van der Waals surface area contributed by atoms with Crippen molar-refractivity contribution < 1.29 is 27.1 Å². The van der Waals surface area contributed by atoms with Gasteiger partial charge in [0, 0.05) is 25.1 Å². The largest absolute Gasteiger partial charge is 0.458 e. The Balaban J connectivity index is 1.67. The Morgan fingerprint density at radius 1 is 1.25 bits per heavy atom. The van der Waals surface area contributed by atoms with Gasteiger partial charge in [-0.2, -0.15) is 13.2 Å².